The van der Waals surface area contributed by atoms with Crippen LogP contribution in [0.4, 0.5) is 11.4 Å². The van der Waals surface area contributed by atoms with Gasteiger partial charge in [0.1, 0.15) is 0 Å². The zero-order valence-corrected chi connectivity index (χ0v) is 15.2. The van der Waals surface area contributed by atoms with Crippen molar-refractivity contribution in [3.8, 4) is 10.4 Å². The maximum Gasteiger partial charge on any atom is 0.0873 e. The highest BCUT2D eigenvalue weighted by Gasteiger charge is 2.19. The molecule has 0 unspecified atom stereocenters. The van der Waals surface area contributed by atoms with Gasteiger partial charge in [0.25, 0.3) is 0 Å². The highest BCUT2D eigenvalue weighted by molar-refractivity contribution is 7.23. The highest BCUT2D eigenvalue weighted by Crippen LogP contribution is 2.43. The van der Waals surface area contributed by atoms with Crippen LogP contribution >= 0.6 is 11.3 Å². The Kier molecular flexibility index (Phi) is 3.83. The minimum absolute atomic E-state index is 0.764. The van der Waals surface area contributed by atoms with E-state index < -0.39 is 0 Å². The minimum Gasteiger partial charge on any atom is -0.411 e. The SMILES string of the molecule is O/N=C1/CCc2cc(Nc3c(-c4cccnc4)sc4cnccc34)ccc21. The average molecular weight is 372 g/mol. The van der Waals surface area contributed by atoms with Crippen LogP contribution in [-0.4, -0.2) is 20.9 Å². The zero-order valence-electron chi connectivity index (χ0n) is 14.4. The van der Waals surface area contributed by atoms with Crippen LogP contribution in [0.3, 0.4) is 0 Å². The van der Waals surface area contributed by atoms with Gasteiger partial charge < -0.3 is 10.5 Å². The van der Waals surface area contributed by atoms with E-state index in [1.54, 1.807) is 17.5 Å². The topological polar surface area (TPSA) is 70.4 Å². The number of pyridine rings is 2. The van der Waals surface area contributed by atoms with E-state index in [-0.39, 0.29) is 0 Å². The molecule has 5 rings (SSSR count). The monoisotopic (exact) mass is 372 g/mol. The quantitative estimate of drug-likeness (QED) is 0.382. The molecule has 6 heteroatoms. The van der Waals surface area contributed by atoms with Gasteiger partial charge in [-0.1, -0.05) is 17.3 Å². The van der Waals surface area contributed by atoms with Gasteiger partial charge >= 0.3 is 0 Å². The summed E-state index contributed by atoms with van der Waals surface area (Å²) in [5.41, 5.74) is 6.18. The van der Waals surface area contributed by atoms with Crippen LogP contribution in [0, 0.1) is 0 Å². The van der Waals surface area contributed by atoms with Gasteiger partial charge in [0.15, 0.2) is 0 Å². The maximum absolute atomic E-state index is 9.13. The summed E-state index contributed by atoms with van der Waals surface area (Å²) >= 11 is 1.71. The number of nitrogens with zero attached hydrogens (tertiary/aromatic N) is 3. The Morgan fingerprint density at radius 3 is 2.81 bits per heavy atom. The molecule has 5 nitrogen and oxygen atoms in total. The first kappa shape index (κ1) is 16.0. The van der Waals surface area contributed by atoms with Gasteiger partial charge in [-0.25, -0.2) is 0 Å². The fourth-order valence-corrected chi connectivity index (χ4v) is 4.69. The number of thiophene rings is 1. The molecule has 1 aromatic carbocycles. The predicted octanol–water partition coefficient (Wildman–Crippen LogP) is 5.23. The molecule has 3 aromatic heterocycles. The van der Waals surface area contributed by atoms with Crippen LogP contribution in [0.25, 0.3) is 20.5 Å². The van der Waals surface area contributed by atoms with Crippen molar-refractivity contribution in [1.82, 2.24) is 9.97 Å². The molecule has 2 N–H and O–H groups in total. The Hall–Kier alpha value is -3.25. The lowest BCUT2D eigenvalue weighted by Crippen LogP contribution is -1.96. The number of oxime groups is 1. The second-order valence-electron chi connectivity index (χ2n) is 6.46. The maximum atomic E-state index is 9.13. The number of benzene rings is 1. The first-order valence-electron chi connectivity index (χ1n) is 8.71. The fraction of sp³-hybridized carbons (Fsp3) is 0.0952. The summed E-state index contributed by atoms with van der Waals surface area (Å²) in [6.07, 6.45) is 9.07. The number of aryl methyl sites for hydroxylation is 1. The molecule has 0 bridgehead atoms. The van der Waals surface area contributed by atoms with Gasteiger partial charge in [-0.05, 0) is 42.7 Å². The largest absolute Gasteiger partial charge is 0.411 e. The number of fused-ring (bicyclic) bond motifs is 2. The summed E-state index contributed by atoms with van der Waals surface area (Å²) in [6.45, 7) is 0. The summed E-state index contributed by atoms with van der Waals surface area (Å²) in [5.74, 6) is 0. The van der Waals surface area contributed by atoms with Crippen molar-refractivity contribution in [3.05, 3.63) is 72.3 Å². The van der Waals surface area contributed by atoms with Gasteiger partial charge in [-0.2, -0.15) is 0 Å². The lowest BCUT2D eigenvalue weighted by Gasteiger charge is -2.10. The van der Waals surface area contributed by atoms with E-state index >= 15 is 0 Å². The van der Waals surface area contributed by atoms with Crippen molar-refractivity contribution in [2.75, 3.05) is 5.32 Å². The third-order valence-corrected chi connectivity index (χ3v) is 6.04. The second-order valence-corrected chi connectivity index (χ2v) is 7.52. The molecule has 1 aliphatic rings. The molecule has 0 atom stereocenters. The fourth-order valence-electron chi connectivity index (χ4n) is 3.57. The lowest BCUT2D eigenvalue weighted by molar-refractivity contribution is 0.318. The molecule has 0 amide bonds. The third kappa shape index (κ3) is 2.74. The molecule has 0 fully saturated rings. The van der Waals surface area contributed by atoms with Gasteiger partial charge in [-0.15, -0.1) is 11.3 Å². The van der Waals surface area contributed by atoms with Gasteiger partial charge in [-0.3, -0.25) is 9.97 Å². The van der Waals surface area contributed by atoms with Crippen LogP contribution < -0.4 is 5.32 Å². The third-order valence-electron chi connectivity index (χ3n) is 4.85. The molecular formula is C21H16N4OS. The smallest absolute Gasteiger partial charge is 0.0873 e. The minimum atomic E-state index is 0.764. The van der Waals surface area contributed by atoms with Crippen molar-refractivity contribution in [1.29, 1.82) is 0 Å². The van der Waals surface area contributed by atoms with E-state index in [9.17, 15) is 0 Å². The molecule has 0 saturated heterocycles. The Morgan fingerprint density at radius 1 is 1.04 bits per heavy atom. The first-order valence-corrected chi connectivity index (χ1v) is 9.53. The van der Waals surface area contributed by atoms with E-state index in [1.807, 2.05) is 42.9 Å². The van der Waals surface area contributed by atoms with Crippen LogP contribution in [0.1, 0.15) is 17.5 Å². The number of anilines is 2. The highest BCUT2D eigenvalue weighted by atomic mass is 32.1. The van der Waals surface area contributed by atoms with E-state index in [4.69, 9.17) is 5.21 Å². The summed E-state index contributed by atoms with van der Waals surface area (Å²) in [7, 11) is 0. The Labute approximate surface area is 160 Å². The molecule has 132 valence electrons. The molecule has 0 aliphatic heterocycles. The second kappa shape index (κ2) is 6.48. The molecule has 0 saturated carbocycles. The van der Waals surface area contributed by atoms with Crippen molar-refractivity contribution in [3.63, 3.8) is 0 Å². The number of rotatable bonds is 3. The molecule has 27 heavy (non-hydrogen) atoms. The van der Waals surface area contributed by atoms with Crippen molar-refractivity contribution in [2.24, 2.45) is 5.16 Å². The van der Waals surface area contributed by atoms with Gasteiger partial charge in [0.05, 0.1) is 21.0 Å². The normalized spacial score (nSPS) is 14.6. The molecule has 1 aliphatic carbocycles. The van der Waals surface area contributed by atoms with Crippen molar-refractivity contribution >= 4 is 38.5 Å². The van der Waals surface area contributed by atoms with E-state index in [1.165, 1.54) is 5.56 Å². The van der Waals surface area contributed by atoms with Crippen LogP contribution in [-0.2, 0) is 6.42 Å². The first-order chi connectivity index (χ1) is 13.3. The number of aromatic nitrogens is 2. The van der Waals surface area contributed by atoms with Gasteiger partial charge in [0.2, 0.25) is 0 Å². The standard InChI is InChI=1S/C21H16N4OS/c26-25-18-6-3-13-10-15(4-5-16(13)18)24-20-17-7-9-23-12-19(17)27-21(20)14-2-1-8-22-11-14/h1-2,4-5,7-12,24,26H,3,6H2/b25-18-. The van der Waals surface area contributed by atoms with E-state index in [0.29, 0.717) is 0 Å². The van der Waals surface area contributed by atoms with Crippen molar-refractivity contribution < 1.29 is 5.21 Å². The Morgan fingerprint density at radius 2 is 1.96 bits per heavy atom. The Balaban J connectivity index is 1.61. The van der Waals surface area contributed by atoms with E-state index in [0.717, 1.165) is 56.0 Å². The summed E-state index contributed by atoms with van der Waals surface area (Å²) < 4.78 is 1.13. The lowest BCUT2D eigenvalue weighted by atomic mass is 10.1. The Bertz CT molecular complexity index is 1170. The summed E-state index contributed by atoms with van der Waals surface area (Å²) in [4.78, 5) is 9.68. The summed E-state index contributed by atoms with van der Waals surface area (Å²) in [5, 5.41) is 17.3. The van der Waals surface area contributed by atoms with Crippen LogP contribution in [0.15, 0.2) is 66.3 Å². The average Bonchev–Trinajstić information content (AvgIpc) is 3.30. The van der Waals surface area contributed by atoms with Crippen LogP contribution in [0.5, 0.6) is 0 Å². The van der Waals surface area contributed by atoms with Crippen LogP contribution in [0.2, 0.25) is 0 Å². The molecule has 3 heterocycles. The molecule has 0 radical (unpaired) electrons. The van der Waals surface area contributed by atoms with E-state index in [2.05, 4.69) is 32.6 Å². The molecule has 0 spiro atoms. The van der Waals surface area contributed by atoms with Crippen molar-refractivity contribution in [2.45, 2.75) is 12.8 Å². The number of hydrogen-bond acceptors (Lipinski definition) is 6. The predicted molar refractivity (Wildman–Crippen MR) is 109 cm³/mol. The summed E-state index contributed by atoms with van der Waals surface area (Å²) in [6, 6.07) is 12.3. The van der Waals surface area contributed by atoms with Gasteiger partial charge in [0, 0.05) is 47.0 Å². The number of nitrogens with one attached hydrogen (secondary N) is 1. The molecular weight excluding hydrogens is 356 g/mol. The molecule has 4 aromatic rings. The zero-order chi connectivity index (χ0) is 18.2. The number of hydrogen-bond donors (Lipinski definition) is 2.